The number of amides is 1. The van der Waals surface area contributed by atoms with Crippen molar-refractivity contribution in [1.29, 1.82) is 0 Å². The number of likely N-dealkylation sites (tertiary alicyclic amines) is 1. The molecule has 1 aliphatic carbocycles. The molecule has 2 N–H and O–H groups in total. The van der Waals surface area contributed by atoms with Gasteiger partial charge in [-0.3, -0.25) is 19.8 Å². The lowest BCUT2D eigenvalue weighted by molar-refractivity contribution is -0.384. The predicted octanol–water partition coefficient (Wildman–Crippen LogP) is 3.53. The van der Waals surface area contributed by atoms with Gasteiger partial charge in [-0.15, -0.1) is 0 Å². The number of ether oxygens (including phenoxy) is 1. The molecule has 1 aromatic rings. The third-order valence-corrected chi connectivity index (χ3v) is 6.35. The Labute approximate surface area is 164 Å². The van der Waals surface area contributed by atoms with E-state index in [0.29, 0.717) is 23.7 Å². The Morgan fingerprint density at radius 1 is 1.14 bits per heavy atom. The van der Waals surface area contributed by atoms with Crippen LogP contribution in [0.25, 0.3) is 0 Å². The molecule has 8 heteroatoms. The lowest BCUT2D eigenvalue weighted by atomic mass is 9.79. The lowest BCUT2D eigenvalue weighted by Gasteiger charge is -2.48. The highest BCUT2D eigenvalue weighted by atomic mass is 16.6. The number of carbonyl (C=O) groups excluding carboxylic acids is 1. The molecule has 0 spiro atoms. The van der Waals surface area contributed by atoms with Crippen LogP contribution in [0.3, 0.4) is 0 Å². The Hall–Kier alpha value is -2.35. The number of nitrogens with zero attached hydrogens (tertiary/aromatic N) is 2. The Bertz CT molecular complexity index is 755. The van der Waals surface area contributed by atoms with E-state index in [1.807, 2.05) is 0 Å². The number of nitro benzene ring substituents is 1. The van der Waals surface area contributed by atoms with E-state index >= 15 is 0 Å². The van der Waals surface area contributed by atoms with E-state index in [1.165, 1.54) is 44.6 Å². The molecule has 0 aromatic heterocycles. The normalized spacial score (nSPS) is 21.9. The first-order valence-corrected chi connectivity index (χ1v) is 10.3. The maximum absolute atomic E-state index is 11.6. The summed E-state index contributed by atoms with van der Waals surface area (Å²) in [5.74, 6) is 0.102. The highest BCUT2D eigenvalue weighted by Crippen LogP contribution is 2.40. The van der Waals surface area contributed by atoms with E-state index in [4.69, 9.17) is 4.74 Å². The van der Waals surface area contributed by atoms with E-state index in [2.05, 4.69) is 15.5 Å². The lowest BCUT2D eigenvalue weighted by Crippen LogP contribution is -2.56. The van der Waals surface area contributed by atoms with Crippen LogP contribution in [0.4, 0.5) is 17.1 Å². The summed E-state index contributed by atoms with van der Waals surface area (Å²) in [5.41, 5.74) is 0.971. The molecule has 0 bridgehead atoms. The topological polar surface area (TPSA) is 96.7 Å². The fraction of sp³-hybridized carbons (Fsp3) is 0.650. The molecule has 1 saturated heterocycles. The van der Waals surface area contributed by atoms with Crippen LogP contribution in [0.15, 0.2) is 12.1 Å². The van der Waals surface area contributed by atoms with Crippen LogP contribution in [0, 0.1) is 10.1 Å². The minimum absolute atomic E-state index is 0.0143. The summed E-state index contributed by atoms with van der Waals surface area (Å²) >= 11 is 0. The van der Waals surface area contributed by atoms with Gasteiger partial charge in [0, 0.05) is 12.1 Å². The van der Waals surface area contributed by atoms with Gasteiger partial charge in [0.15, 0.2) is 12.4 Å². The molecule has 0 radical (unpaired) electrons. The number of piperidine rings is 1. The number of anilines is 2. The maximum atomic E-state index is 11.6. The van der Waals surface area contributed by atoms with Gasteiger partial charge in [0.25, 0.3) is 11.6 Å². The van der Waals surface area contributed by atoms with Crippen LogP contribution in [-0.2, 0) is 4.79 Å². The largest absolute Gasteiger partial charge is 0.481 e. The number of carbonyl (C=O) groups is 1. The van der Waals surface area contributed by atoms with Crippen molar-refractivity contribution >= 4 is 23.0 Å². The van der Waals surface area contributed by atoms with Crippen molar-refractivity contribution in [3.05, 3.63) is 22.2 Å². The van der Waals surface area contributed by atoms with Crippen molar-refractivity contribution in [2.24, 2.45) is 0 Å². The van der Waals surface area contributed by atoms with Crippen LogP contribution >= 0.6 is 0 Å². The third-order valence-electron chi connectivity index (χ3n) is 6.35. The molecule has 8 nitrogen and oxygen atoms in total. The molecule has 1 amide bonds. The van der Waals surface area contributed by atoms with Crippen LogP contribution < -0.4 is 15.4 Å². The predicted molar refractivity (Wildman–Crippen MR) is 107 cm³/mol. The average molecular weight is 388 g/mol. The fourth-order valence-corrected chi connectivity index (χ4v) is 4.85. The van der Waals surface area contributed by atoms with Crippen LogP contribution in [0.1, 0.15) is 51.4 Å². The second kappa shape index (κ2) is 7.95. The van der Waals surface area contributed by atoms with Crippen molar-refractivity contribution in [2.45, 2.75) is 56.9 Å². The molecule has 2 aliphatic heterocycles. The van der Waals surface area contributed by atoms with E-state index in [-0.39, 0.29) is 23.7 Å². The van der Waals surface area contributed by atoms with Gasteiger partial charge in [0.05, 0.1) is 16.7 Å². The average Bonchev–Trinajstić information content (AvgIpc) is 2.72. The van der Waals surface area contributed by atoms with E-state index < -0.39 is 4.92 Å². The molecule has 0 unspecified atom stereocenters. The van der Waals surface area contributed by atoms with Crippen molar-refractivity contribution in [2.75, 3.05) is 36.9 Å². The Kier molecular flexibility index (Phi) is 5.39. The Morgan fingerprint density at radius 3 is 2.57 bits per heavy atom. The minimum Gasteiger partial charge on any atom is -0.481 e. The van der Waals surface area contributed by atoms with Crippen molar-refractivity contribution in [3.63, 3.8) is 0 Å². The van der Waals surface area contributed by atoms with Crippen molar-refractivity contribution in [1.82, 2.24) is 4.90 Å². The summed E-state index contributed by atoms with van der Waals surface area (Å²) in [5, 5.41) is 17.7. The van der Waals surface area contributed by atoms with Gasteiger partial charge >= 0.3 is 0 Å². The zero-order valence-electron chi connectivity index (χ0n) is 16.2. The monoisotopic (exact) mass is 388 g/mol. The number of rotatable bonds is 5. The molecule has 0 atom stereocenters. The number of hydrogen-bond donors (Lipinski definition) is 2. The Morgan fingerprint density at radius 2 is 1.86 bits per heavy atom. The summed E-state index contributed by atoms with van der Waals surface area (Å²) in [7, 11) is 0. The summed E-state index contributed by atoms with van der Waals surface area (Å²) in [6, 6.07) is 3.04. The second-order valence-electron chi connectivity index (χ2n) is 8.15. The Balaban J connectivity index is 1.59. The molecule has 28 heavy (non-hydrogen) atoms. The van der Waals surface area contributed by atoms with Gasteiger partial charge in [-0.1, -0.05) is 25.7 Å². The molecule has 2 heterocycles. The molecular formula is C20H28N4O4. The van der Waals surface area contributed by atoms with E-state index in [0.717, 1.165) is 25.9 Å². The number of benzene rings is 1. The van der Waals surface area contributed by atoms with Crippen molar-refractivity contribution in [3.8, 4) is 5.75 Å². The van der Waals surface area contributed by atoms with Gasteiger partial charge < -0.3 is 15.4 Å². The van der Waals surface area contributed by atoms with Crippen LogP contribution in [-0.4, -0.2) is 47.5 Å². The summed E-state index contributed by atoms with van der Waals surface area (Å²) in [6.07, 6.45) is 9.65. The molecular weight excluding hydrogens is 360 g/mol. The van der Waals surface area contributed by atoms with Gasteiger partial charge in [-0.25, -0.2) is 0 Å². The molecule has 4 rings (SSSR count). The number of hydrogen-bond acceptors (Lipinski definition) is 6. The second-order valence-corrected chi connectivity index (χ2v) is 8.15. The zero-order chi connectivity index (χ0) is 19.6. The van der Waals surface area contributed by atoms with Crippen LogP contribution in [0.2, 0.25) is 0 Å². The van der Waals surface area contributed by atoms with Crippen LogP contribution in [0.5, 0.6) is 5.75 Å². The smallest absolute Gasteiger partial charge is 0.296 e. The van der Waals surface area contributed by atoms with Crippen molar-refractivity contribution < 1.29 is 14.5 Å². The van der Waals surface area contributed by atoms with Gasteiger partial charge in [0.2, 0.25) is 0 Å². The zero-order valence-corrected chi connectivity index (χ0v) is 16.2. The number of nitro groups is 1. The molecule has 3 aliphatic rings. The SMILES string of the molecule is O=C1COc2cc([N+](=O)[O-])c(NCC3(N4CCCCC4)CCCCC3)cc2N1. The first kappa shape index (κ1) is 19.0. The molecule has 152 valence electrons. The summed E-state index contributed by atoms with van der Waals surface area (Å²) in [6.45, 7) is 2.78. The first-order chi connectivity index (χ1) is 13.6. The molecule has 1 saturated carbocycles. The maximum Gasteiger partial charge on any atom is 0.296 e. The van der Waals surface area contributed by atoms with Gasteiger partial charge in [-0.05, 0) is 44.8 Å². The van der Waals surface area contributed by atoms with E-state index in [9.17, 15) is 14.9 Å². The summed E-state index contributed by atoms with van der Waals surface area (Å²) in [4.78, 5) is 25.5. The fourth-order valence-electron chi connectivity index (χ4n) is 4.85. The minimum atomic E-state index is -0.392. The standard InChI is InChI=1S/C20H28N4O4/c25-19-13-28-18-12-17(24(26)27)15(11-16(18)22-19)21-14-20(7-3-1-4-8-20)23-9-5-2-6-10-23/h11-12,21H,1-10,13-14H2,(H,22,25). The van der Waals surface area contributed by atoms with E-state index in [1.54, 1.807) is 6.07 Å². The molecule has 2 fully saturated rings. The number of fused-ring (bicyclic) bond motifs is 1. The third kappa shape index (κ3) is 3.78. The quantitative estimate of drug-likeness (QED) is 0.592. The first-order valence-electron chi connectivity index (χ1n) is 10.3. The molecule has 1 aromatic carbocycles. The number of nitrogens with one attached hydrogen (secondary N) is 2. The highest BCUT2D eigenvalue weighted by molar-refractivity contribution is 5.96. The summed E-state index contributed by atoms with van der Waals surface area (Å²) < 4.78 is 5.34. The highest BCUT2D eigenvalue weighted by Gasteiger charge is 2.38. The van der Waals surface area contributed by atoms with Gasteiger partial charge in [-0.2, -0.15) is 0 Å². The van der Waals surface area contributed by atoms with Gasteiger partial charge in [0.1, 0.15) is 5.69 Å².